The summed E-state index contributed by atoms with van der Waals surface area (Å²) in [7, 11) is 3.39. The summed E-state index contributed by atoms with van der Waals surface area (Å²) >= 11 is 0. The monoisotopic (exact) mass is 354 g/mol. The first-order valence-electron chi connectivity index (χ1n) is 9.28. The molecule has 0 amide bonds. The Labute approximate surface area is 154 Å². The zero-order valence-electron chi connectivity index (χ0n) is 15.4. The molecule has 0 radical (unpaired) electrons. The molecule has 5 nitrogen and oxygen atoms in total. The third kappa shape index (κ3) is 3.06. The maximum Gasteiger partial charge on any atom is 0.161 e. The first kappa shape index (κ1) is 17.3. The molecule has 2 unspecified atom stereocenters. The Morgan fingerprint density at radius 2 is 1.96 bits per heavy atom. The molecular weight excluding hydrogens is 328 g/mol. The quantitative estimate of drug-likeness (QED) is 0.914. The molecule has 1 fully saturated rings. The van der Waals surface area contributed by atoms with Crippen molar-refractivity contribution in [2.75, 3.05) is 27.3 Å². The molecule has 2 aliphatic heterocycles. The fourth-order valence-corrected chi connectivity index (χ4v) is 4.43. The van der Waals surface area contributed by atoms with Crippen LogP contribution in [0, 0.1) is 0 Å². The maximum absolute atomic E-state index is 9.39. The van der Waals surface area contributed by atoms with Crippen LogP contribution in [0.2, 0.25) is 0 Å². The fourth-order valence-electron chi connectivity index (χ4n) is 4.43. The largest absolute Gasteiger partial charge is 0.493 e. The Balaban J connectivity index is 1.58. The molecule has 1 aromatic carbocycles. The molecule has 0 aliphatic carbocycles. The number of fused-ring (bicyclic) bond motifs is 3. The average molecular weight is 354 g/mol. The van der Waals surface area contributed by atoms with Crippen molar-refractivity contribution in [3.8, 4) is 11.5 Å². The molecule has 4 rings (SSSR count). The number of aromatic nitrogens is 1. The van der Waals surface area contributed by atoms with Gasteiger partial charge in [0.2, 0.25) is 0 Å². The second-order valence-corrected chi connectivity index (χ2v) is 7.19. The van der Waals surface area contributed by atoms with E-state index in [1.54, 1.807) is 14.2 Å². The van der Waals surface area contributed by atoms with Gasteiger partial charge in [0.1, 0.15) is 0 Å². The predicted molar refractivity (Wildman–Crippen MR) is 99.7 cm³/mol. The summed E-state index contributed by atoms with van der Waals surface area (Å²) in [5, 5.41) is 9.39. The van der Waals surface area contributed by atoms with Gasteiger partial charge >= 0.3 is 0 Å². The average Bonchev–Trinajstić information content (AvgIpc) is 2.72. The van der Waals surface area contributed by atoms with Crippen molar-refractivity contribution < 1.29 is 14.6 Å². The molecule has 1 N–H and O–H groups in total. The van der Waals surface area contributed by atoms with Crippen LogP contribution in [0.15, 0.2) is 30.5 Å². The van der Waals surface area contributed by atoms with Crippen LogP contribution >= 0.6 is 0 Å². The van der Waals surface area contributed by atoms with Crippen molar-refractivity contribution in [1.29, 1.82) is 0 Å². The number of rotatable bonds is 4. The summed E-state index contributed by atoms with van der Waals surface area (Å²) in [4.78, 5) is 7.15. The van der Waals surface area contributed by atoms with Gasteiger partial charge in [-0.2, -0.15) is 0 Å². The topological polar surface area (TPSA) is 54.8 Å². The number of hydrogen-bond acceptors (Lipinski definition) is 5. The number of pyridine rings is 1. The minimum absolute atomic E-state index is 0.0730. The number of nitrogens with zero attached hydrogens (tertiary/aromatic N) is 2. The molecule has 2 aromatic rings. The molecule has 1 aromatic heterocycles. The van der Waals surface area contributed by atoms with E-state index in [0.717, 1.165) is 55.1 Å². The molecule has 0 spiro atoms. The Bertz CT molecular complexity index is 793. The van der Waals surface area contributed by atoms with E-state index < -0.39 is 0 Å². The van der Waals surface area contributed by atoms with Gasteiger partial charge in [0, 0.05) is 36.9 Å². The first-order chi connectivity index (χ1) is 12.7. The van der Waals surface area contributed by atoms with E-state index >= 15 is 0 Å². The molecule has 2 aliphatic rings. The van der Waals surface area contributed by atoms with Crippen molar-refractivity contribution in [2.24, 2.45) is 0 Å². The first-order valence-corrected chi connectivity index (χ1v) is 9.28. The molecule has 138 valence electrons. The summed E-state index contributed by atoms with van der Waals surface area (Å²) < 4.78 is 11.0. The van der Waals surface area contributed by atoms with E-state index in [1.165, 1.54) is 11.1 Å². The van der Waals surface area contributed by atoms with Gasteiger partial charge in [-0.3, -0.25) is 9.88 Å². The van der Waals surface area contributed by atoms with E-state index in [9.17, 15) is 5.11 Å². The van der Waals surface area contributed by atoms with Crippen molar-refractivity contribution in [2.45, 2.75) is 37.8 Å². The van der Waals surface area contributed by atoms with Gasteiger partial charge in [-0.25, -0.2) is 0 Å². The van der Waals surface area contributed by atoms with Crippen LogP contribution in [0.5, 0.6) is 11.5 Å². The highest BCUT2D eigenvalue weighted by atomic mass is 16.5. The minimum Gasteiger partial charge on any atom is -0.493 e. The highest BCUT2D eigenvalue weighted by Crippen LogP contribution is 2.44. The van der Waals surface area contributed by atoms with Crippen LogP contribution in [-0.2, 0) is 13.0 Å². The van der Waals surface area contributed by atoms with Crippen LogP contribution in [0.25, 0.3) is 0 Å². The maximum atomic E-state index is 9.39. The van der Waals surface area contributed by atoms with Gasteiger partial charge in [-0.15, -0.1) is 0 Å². The lowest BCUT2D eigenvalue weighted by Gasteiger charge is -2.43. The number of piperidine rings is 1. The summed E-state index contributed by atoms with van der Waals surface area (Å²) in [6, 6.07) is 8.68. The highest BCUT2D eigenvalue weighted by Gasteiger charge is 2.35. The lowest BCUT2D eigenvalue weighted by atomic mass is 9.82. The summed E-state index contributed by atoms with van der Waals surface area (Å²) in [5.74, 6) is 2.06. The van der Waals surface area contributed by atoms with E-state index in [-0.39, 0.29) is 6.61 Å². The molecule has 0 saturated carbocycles. The molecular formula is C21H26N2O3. The number of ether oxygens (including phenoxy) is 2. The Kier molecular flexibility index (Phi) is 4.83. The van der Waals surface area contributed by atoms with Crippen molar-refractivity contribution in [3.63, 3.8) is 0 Å². The second-order valence-electron chi connectivity index (χ2n) is 7.19. The third-order valence-corrected chi connectivity index (χ3v) is 5.80. The number of aliphatic hydroxyl groups is 1. The van der Waals surface area contributed by atoms with Crippen LogP contribution in [0.3, 0.4) is 0 Å². The number of methoxy groups -OCH3 is 2. The van der Waals surface area contributed by atoms with Crippen LogP contribution in [0.4, 0.5) is 0 Å². The summed E-state index contributed by atoms with van der Waals surface area (Å²) in [5.41, 5.74) is 4.80. The molecule has 1 saturated heterocycles. The zero-order valence-corrected chi connectivity index (χ0v) is 15.4. The number of aliphatic hydroxyl groups excluding tert-OH is 1. The molecule has 0 bridgehead atoms. The van der Waals surface area contributed by atoms with Crippen LogP contribution in [0.1, 0.15) is 47.2 Å². The van der Waals surface area contributed by atoms with Gasteiger partial charge in [-0.05, 0) is 60.2 Å². The van der Waals surface area contributed by atoms with Gasteiger partial charge in [0.15, 0.2) is 11.5 Å². The zero-order chi connectivity index (χ0) is 18.1. The third-order valence-electron chi connectivity index (χ3n) is 5.80. The van der Waals surface area contributed by atoms with Crippen LogP contribution < -0.4 is 9.47 Å². The van der Waals surface area contributed by atoms with Crippen molar-refractivity contribution >= 4 is 0 Å². The van der Waals surface area contributed by atoms with E-state index in [4.69, 9.17) is 9.47 Å². The normalized spacial score (nSPS) is 22.4. The standard InChI is InChI=1S/C21H26N2O3/c1-25-20-10-15-6-8-23-12-16(18-9-14(13-24)5-7-22-18)3-4-19(23)17(15)11-21(20)26-2/h5,7,9-11,16,19,24H,3-4,6,8,12-13H2,1-2H3. The lowest BCUT2D eigenvalue weighted by Crippen LogP contribution is -2.41. The molecule has 2 atom stereocenters. The lowest BCUT2D eigenvalue weighted by molar-refractivity contribution is 0.121. The van der Waals surface area contributed by atoms with Gasteiger partial charge in [0.25, 0.3) is 0 Å². The Hall–Kier alpha value is -2.11. The summed E-state index contributed by atoms with van der Waals surface area (Å²) in [6.07, 6.45) is 5.06. The van der Waals surface area contributed by atoms with Crippen molar-refractivity contribution in [3.05, 3.63) is 52.8 Å². The smallest absolute Gasteiger partial charge is 0.161 e. The van der Waals surface area contributed by atoms with Gasteiger partial charge in [0.05, 0.1) is 20.8 Å². The predicted octanol–water partition coefficient (Wildman–Crippen LogP) is 3.07. The highest BCUT2D eigenvalue weighted by molar-refractivity contribution is 5.49. The van der Waals surface area contributed by atoms with E-state index in [1.807, 2.05) is 12.3 Å². The SMILES string of the molecule is COc1cc2c(cc1OC)C1CCC(c3cc(CO)ccn3)CN1CC2. The van der Waals surface area contributed by atoms with E-state index in [0.29, 0.717) is 12.0 Å². The van der Waals surface area contributed by atoms with Crippen LogP contribution in [-0.4, -0.2) is 42.3 Å². The molecule has 3 heterocycles. The minimum atomic E-state index is 0.0730. The number of benzene rings is 1. The summed E-state index contributed by atoms with van der Waals surface area (Å²) in [6.45, 7) is 2.15. The van der Waals surface area contributed by atoms with Gasteiger partial charge < -0.3 is 14.6 Å². The van der Waals surface area contributed by atoms with Gasteiger partial charge in [-0.1, -0.05) is 0 Å². The Morgan fingerprint density at radius 3 is 2.73 bits per heavy atom. The van der Waals surface area contributed by atoms with E-state index in [2.05, 4.69) is 28.1 Å². The Morgan fingerprint density at radius 1 is 1.15 bits per heavy atom. The molecule has 26 heavy (non-hydrogen) atoms. The fraction of sp³-hybridized carbons (Fsp3) is 0.476. The number of hydrogen-bond donors (Lipinski definition) is 1. The second kappa shape index (κ2) is 7.25. The van der Waals surface area contributed by atoms with Crippen molar-refractivity contribution in [1.82, 2.24) is 9.88 Å². The molecule has 5 heteroatoms.